The molecule has 47 heavy (non-hydrogen) atoms. The van der Waals surface area contributed by atoms with Gasteiger partial charge in [0, 0.05) is 46.8 Å². The second-order valence-electron chi connectivity index (χ2n) is 10.8. The molecule has 0 bridgehead atoms. The van der Waals surface area contributed by atoms with Crippen LogP contribution in [0.2, 0.25) is 0 Å². The van der Waals surface area contributed by atoms with Crippen molar-refractivity contribution in [1.29, 1.82) is 0 Å². The van der Waals surface area contributed by atoms with Crippen LogP contribution in [0.25, 0.3) is 0 Å². The van der Waals surface area contributed by atoms with Crippen LogP contribution in [0.3, 0.4) is 0 Å². The van der Waals surface area contributed by atoms with E-state index in [4.69, 9.17) is 35.2 Å². The van der Waals surface area contributed by atoms with Gasteiger partial charge >= 0.3 is 0 Å². The molecule has 0 aliphatic carbocycles. The van der Waals surface area contributed by atoms with Crippen LogP contribution in [-0.2, 0) is 12.8 Å². The molecule has 236 valence electrons. The molecule has 6 aromatic carbocycles. The van der Waals surface area contributed by atoms with Crippen molar-refractivity contribution in [2.75, 3.05) is 11.5 Å². The molecule has 0 atom stereocenters. The van der Waals surface area contributed by atoms with Crippen molar-refractivity contribution in [3.05, 3.63) is 145 Å². The van der Waals surface area contributed by atoms with E-state index in [2.05, 4.69) is 13.8 Å². The normalized spacial score (nSPS) is 10.7. The molecular formula is C40H36N2O5. The molecule has 0 aliphatic heterocycles. The molecule has 0 saturated carbocycles. The average molecular weight is 625 g/mol. The van der Waals surface area contributed by atoms with Gasteiger partial charge in [0.25, 0.3) is 0 Å². The van der Waals surface area contributed by atoms with Gasteiger partial charge in [0.15, 0.2) is 0 Å². The lowest BCUT2D eigenvalue weighted by atomic mass is 10.1. The molecule has 6 rings (SSSR count). The first-order chi connectivity index (χ1) is 23.0. The van der Waals surface area contributed by atoms with Gasteiger partial charge in [-0.25, -0.2) is 0 Å². The molecule has 0 aromatic heterocycles. The van der Waals surface area contributed by atoms with Gasteiger partial charge in [0.05, 0.1) is 0 Å². The lowest BCUT2D eigenvalue weighted by Gasteiger charge is -2.18. The number of ether oxygens (including phenoxy) is 5. The molecule has 0 spiro atoms. The summed E-state index contributed by atoms with van der Waals surface area (Å²) >= 11 is 0. The summed E-state index contributed by atoms with van der Waals surface area (Å²) in [5, 5.41) is 0. The Labute approximate surface area is 274 Å². The molecule has 7 nitrogen and oxygen atoms in total. The number of anilines is 2. The van der Waals surface area contributed by atoms with Gasteiger partial charge < -0.3 is 35.2 Å². The molecular weight excluding hydrogens is 588 g/mol. The summed E-state index contributed by atoms with van der Waals surface area (Å²) in [5.41, 5.74) is 15.0. The summed E-state index contributed by atoms with van der Waals surface area (Å²) in [4.78, 5) is 0. The van der Waals surface area contributed by atoms with Crippen molar-refractivity contribution >= 4 is 11.4 Å². The fraction of sp³-hybridized carbons (Fsp3) is 0.100. The third-order valence-electron chi connectivity index (χ3n) is 7.36. The first kappa shape index (κ1) is 30.9. The monoisotopic (exact) mass is 624 g/mol. The SMILES string of the molecule is CCc1c(Oc2cccc(Oc3cccc(N)c3)c2)cccc1Oc1cccc(Oc2cccc(Oc3cccc(N)c3)c2)c1CC. The maximum Gasteiger partial charge on any atom is 0.134 e. The van der Waals surface area contributed by atoms with Gasteiger partial charge in [-0.1, -0.05) is 50.2 Å². The van der Waals surface area contributed by atoms with Gasteiger partial charge in [-0.3, -0.25) is 0 Å². The maximum absolute atomic E-state index is 6.57. The number of nitrogens with two attached hydrogens (primary N) is 2. The van der Waals surface area contributed by atoms with Crippen LogP contribution in [0.1, 0.15) is 25.0 Å². The van der Waals surface area contributed by atoms with Crippen molar-refractivity contribution in [3.63, 3.8) is 0 Å². The zero-order valence-electron chi connectivity index (χ0n) is 26.3. The minimum Gasteiger partial charge on any atom is -0.457 e. The van der Waals surface area contributed by atoms with Gasteiger partial charge in [0.1, 0.15) is 57.5 Å². The van der Waals surface area contributed by atoms with E-state index in [1.54, 1.807) is 12.1 Å². The van der Waals surface area contributed by atoms with Gasteiger partial charge in [-0.05, 0) is 85.6 Å². The molecule has 0 amide bonds. The second-order valence-corrected chi connectivity index (χ2v) is 10.8. The van der Waals surface area contributed by atoms with Crippen LogP contribution >= 0.6 is 0 Å². The van der Waals surface area contributed by atoms with Crippen LogP contribution in [0, 0.1) is 0 Å². The Morgan fingerprint density at radius 1 is 0.362 bits per heavy atom. The van der Waals surface area contributed by atoms with Crippen LogP contribution in [0.4, 0.5) is 11.4 Å². The maximum atomic E-state index is 6.57. The molecule has 0 radical (unpaired) electrons. The van der Waals surface area contributed by atoms with Crippen LogP contribution in [0.5, 0.6) is 57.5 Å². The van der Waals surface area contributed by atoms with Crippen molar-refractivity contribution in [3.8, 4) is 57.5 Å². The van der Waals surface area contributed by atoms with Crippen molar-refractivity contribution in [2.45, 2.75) is 26.7 Å². The van der Waals surface area contributed by atoms with Gasteiger partial charge in [-0.15, -0.1) is 0 Å². The Hall–Kier alpha value is -6.08. The molecule has 4 N–H and O–H groups in total. The summed E-state index contributed by atoms with van der Waals surface area (Å²) < 4.78 is 31.3. The Morgan fingerprint density at radius 3 is 1.02 bits per heavy atom. The summed E-state index contributed by atoms with van der Waals surface area (Å²) in [7, 11) is 0. The summed E-state index contributed by atoms with van der Waals surface area (Å²) in [6.45, 7) is 4.15. The third-order valence-corrected chi connectivity index (χ3v) is 7.36. The first-order valence-electron chi connectivity index (χ1n) is 15.5. The first-order valence-corrected chi connectivity index (χ1v) is 15.5. The Balaban J connectivity index is 1.21. The number of benzene rings is 6. The van der Waals surface area contributed by atoms with Crippen molar-refractivity contribution < 1.29 is 23.7 Å². The summed E-state index contributed by atoms with van der Waals surface area (Å²) in [5.74, 6) is 6.71. The number of hydrogen-bond donors (Lipinski definition) is 2. The fourth-order valence-corrected chi connectivity index (χ4v) is 5.17. The van der Waals surface area contributed by atoms with Gasteiger partial charge in [-0.2, -0.15) is 0 Å². The predicted molar refractivity (Wildman–Crippen MR) is 187 cm³/mol. The summed E-state index contributed by atoms with van der Waals surface area (Å²) in [6.07, 6.45) is 1.39. The van der Waals surface area contributed by atoms with Crippen LogP contribution in [0.15, 0.2) is 133 Å². The highest BCUT2D eigenvalue weighted by atomic mass is 16.5. The zero-order valence-corrected chi connectivity index (χ0v) is 26.3. The number of hydrogen-bond acceptors (Lipinski definition) is 7. The van der Waals surface area contributed by atoms with E-state index >= 15 is 0 Å². The molecule has 7 heteroatoms. The molecule has 0 heterocycles. The topological polar surface area (TPSA) is 98.2 Å². The lowest BCUT2D eigenvalue weighted by molar-refractivity contribution is 0.433. The number of rotatable bonds is 12. The highest BCUT2D eigenvalue weighted by Gasteiger charge is 2.16. The molecule has 0 unspecified atom stereocenters. The molecule has 0 fully saturated rings. The van der Waals surface area contributed by atoms with Crippen LogP contribution < -0.4 is 35.2 Å². The quantitative estimate of drug-likeness (QED) is 0.131. The minimum absolute atomic E-state index is 0.636. The van der Waals surface area contributed by atoms with Crippen molar-refractivity contribution in [2.24, 2.45) is 0 Å². The average Bonchev–Trinajstić information content (AvgIpc) is 3.05. The van der Waals surface area contributed by atoms with Crippen molar-refractivity contribution in [1.82, 2.24) is 0 Å². The third kappa shape index (κ3) is 7.78. The second kappa shape index (κ2) is 14.3. The Morgan fingerprint density at radius 2 is 0.660 bits per heavy atom. The Kier molecular flexibility index (Phi) is 9.44. The standard InChI is InChI=1S/C40H36N2O5/c1-3-35-37(45-33-17-7-15-31(25-33)43-29-13-5-11-27(41)23-29)19-9-21-39(35)47-40-22-10-20-38(36(40)4-2)46-34-18-8-16-32(26-34)44-30-14-6-12-28(42)24-30/h5-26H,3-4,41-42H2,1-2H3. The van der Waals surface area contributed by atoms with E-state index < -0.39 is 0 Å². The summed E-state index contributed by atoms with van der Waals surface area (Å²) in [6, 6.07) is 41.3. The fourth-order valence-electron chi connectivity index (χ4n) is 5.17. The molecule has 0 aliphatic rings. The van der Waals surface area contributed by atoms with E-state index in [1.807, 2.05) is 121 Å². The van der Waals surface area contributed by atoms with E-state index in [0.29, 0.717) is 81.7 Å². The zero-order chi connectivity index (χ0) is 32.6. The molecule has 6 aromatic rings. The highest BCUT2D eigenvalue weighted by molar-refractivity contribution is 5.53. The lowest BCUT2D eigenvalue weighted by Crippen LogP contribution is -1.99. The Bertz CT molecular complexity index is 1850. The van der Waals surface area contributed by atoms with E-state index in [1.165, 1.54) is 0 Å². The minimum atomic E-state index is 0.636. The van der Waals surface area contributed by atoms with E-state index in [0.717, 1.165) is 11.1 Å². The number of nitrogen functional groups attached to an aromatic ring is 2. The highest BCUT2D eigenvalue weighted by Crippen LogP contribution is 2.40. The van der Waals surface area contributed by atoms with E-state index in [-0.39, 0.29) is 0 Å². The molecule has 0 saturated heterocycles. The van der Waals surface area contributed by atoms with Gasteiger partial charge in [0.2, 0.25) is 0 Å². The predicted octanol–water partition coefficient (Wildman–Crippen LogP) is 10.9. The smallest absolute Gasteiger partial charge is 0.134 e. The van der Waals surface area contributed by atoms with E-state index in [9.17, 15) is 0 Å². The van der Waals surface area contributed by atoms with Crippen LogP contribution in [-0.4, -0.2) is 0 Å². The largest absolute Gasteiger partial charge is 0.457 e.